The number of carbonyl (C=O) groups excluding carboxylic acids is 3. The molecular weight excluding hydrogens is 374 g/mol. The third-order valence-electron chi connectivity index (χ3n) is 3.47. The molecule has 0 atom stereocenters. The lowest BCUT2D eigenvalue weighted by atomic mass is 10.1. The first kappa shape index (κ1) is 17.9. The highest BCUT2D eigenvalue weighted by Crippen LogP contribution is 2.13. The van der Waals surface area contributed by atoms with Crippen LogP contribution in [0.3, 0.4) is 0 Å². The quantitative estimate of drug-likeness (QED) is 0.606. The monoisotopic (exact) mass is 391 g/mol. The zero-order chi connectivity index (χ0) is 17.7. The molecule has 0 aliphatic carbocycles. The zero-order valence-electron chi connectivity index (χ0n) is 13.4. The Morgan fingerprint density at radius 2 is 1.75 bits per heavy atom. The lowest BCUT2D eigenvalue weighted by Gasteiger charge is -2.08. The molecule has 2 rings (SSSR count). The van der Waals surface area contributed by atoms with Crippen LogP contribution in [-0.4, -0.2) is 22.2 Å². The normalized spacial score (nSPS) is 10.3. The number of hydrogen-bond acceptors (Lipinski definition) is 3. The number of nitrogens with one attached hydrogen (secondary N) is 2. The van der Waals surface area contributed by atoms with E-state index in [1.165, 1.54) is 0 Å². The minimum Gasteiger partial charge on any atom is -0.345 e. The number of halogens is 1. The molecule has 0 aliphatic rings. The predicted octanol–water partition coefficient (Wildman–Crippen LogP) is 2.52. The Labute approximate surface area is 148 Å². The average Bonchev–Trinajstić information content (AvgIpc) is 2.89. The standard InChI is InChI=1S/C17H18BrN3O3/c1-11-3-5-12(6-4-11)15(22)7-8-16(23)19-20-17(24)14-9-13(18)10-21(14)2/h3-6,9-10H,7-8H2,1-2H3,(H,19,23)(H,20,24). The van der Waals surface area contributed by atoms with Gasteiger partial charge in [-0.25, -0.2) is 0 Å². The van der Waals surface area contributed by atoms with Gasteiger partial charge in [-0.05, 0) is 28.9 Å². The second kappa shape index (κ2) is 7.92. The molecule has 24 heavy (non-hydrogen) atoms. The van der Waals surface area contributed by atoms with Crippen LogP contribution in [0.1, 0.15) is 39.3 Å². The number of carbonyl (C=O) groups is 3. The van der Waals surface area contributed by atoms with Crippen molar-refractivity contribution in [1.29, 1.82) is 0 Å². The molecule has 0 saturated heterocycles. The molecule has 2 amide bonds. The summed E-state index contributed by atoms with van der Waals surface area (Å²) in [5.74, 6) is -0.957. The van der Waals surface area contributed by atoms with Gasteiger partial charge in [0.1, 0.15) is 5.69 Å². The Hall–Kier alpha value is -2.41. The number of aryl methyl sites for hydroxylation is 2. The molecular formula is C17H18BrN3O3. The second-order valence-electron chi connectivity index (χ2n) is 5.45. The Balaban J connectivity index is 1.79. The number of hydrogen-bond donors (Lipinski definition) is 2. The Morgan fingerprint density at radius 1 is 1.08 bits per heavy atom. The summed E-state index contributed by atoms with van der Waals surface area (Å²) < 4.78 is 2.40. The van der Waals surface area contributed by atoms with Crippen LogP contribution in [0.2, 0.25) is 0 Å². The molecule has 0 fully saturated rings. The first-order valence-electron chi connectivity index (χ1n) is 7.37. The molecule has 0 bridgehead atoms. The van der Waals surface area contributed by atoms with Gasteiger partial charge in [0.25, 0.3) is 5.91 Å². The van der Waals surface area contributed by atoms with Crippen LogP contribution in [0.5, 0.6) is 0 Å². The summed E-state index contributed by atoms with van der Waals surface area (Å²) in [5, 5.41) is 0. The Kier molecular flexibility index (Phi) is 5.92. The summed E-state index contributed by atoms with van der Waals surface area (Å²) in [7, 11) is 1.72. The molecule has 2 N–H and O–H groups in total. The maximum atomic E-state index is 12.0. The van der Waals surface area contributed by atoms with Crippen molar-refractivity contribution in [3.8, 4) is 0 Å². The lowest BCUT2D eigenvalue weighted by molar-refractivity contribution is -0.121. The zero-order valence-corrected chi connectivity index (χ0v) is 15.0. The number of benzene rings is 1. The lowest BCUT2D eigenvalue weighted by Crippen LogP contribution is -2.42. The highest BCUT2D eigenvalue weighted by molar-refractivity contribution is 9.10. The molecule has 0 spiro atoms. The van der Waals surface area contributed by atoms with Crippen molar-refractivity contribution in [2.75, 3.05) is 0 Å². The van der Waals surface area contributed by atoms with E-state index in [1.54, 1.807) is 36.0 Å². The van der Waals surface area contributed by atoms with Gasteiger partial charge in [-0.1, -0.05) is 29.8 Å². The minimum absolute atomic E-state index is 0.00379. The fourth-order valence-electron chi connectivity index (χ4n) is 2.11. The van der Waals surface area contributed by atoms with Crippen LogP contribution in [0.4, 0.5) is 0 Å². The summed E-state index contributed by atoms with van der Waals surface area (Å²) in [6.45, 7) is 1.94. The summed E-state index contributed by atoms with van der Waals surface area (Å²) in [4.78, 5) is 35.7. The van der Waals surface area contributed by atoms with Gasteiger partial charge in [0.2, 0.25) is 5.91 Å². The van der Waals surface area contributed by atoms with Gasteiger partial charge in [-0.3, -0.25) is 25.2 Å². The van der Waals surface area contributed by atoms with Crippen LogP contribution in [-0.2, 0) is 11.8 Å². The maximum Gasteiger partial charge on any atom is 0.286 e. The van der Waals surface area contributed by atoms with E-state index in [-0.39, 0.29) is 18.6 Å². The topological polar surface area (TPSA) is 80.2 Å². The number of aromatic nitrogens is 1. The number of amides is 2. The van der Waals surface area contributed by atoms with Gasteiger partial charge >= 0.3 is 0 Å². The fraction of sp³-hybridized carbons (Fsp3) is 0.235. The van der Waals surface area contributed by atoms with Gasteiger partial charge in [0.05, 0.1) is 0 Å². The molecule has 126 valence electrons. The highest BCUT2D eigenvalue weighted by atomic mass is 79.9. The molecule has 1 aromatic heterocycles. The summed E-state index contributed by atoms with van der Waals surface area (Å²) in [6, 6.07) is 8.83. The van der Waals surface area contributed by atoms with E-state index in [2.05, 4.69) is 26.8 Å². The van der Waals surface area contributed by atoms with E-state index in [1.807, 2.05) is 19.1 Å². The molecule has 1 heterocycles. The van der Waals surface area contributed by atoms with E-state index in [9.17, 15) is 14.4 Å². The summed E-state index contributed by atoms with van der Waals surface area (Å²) in [5.41, 5.74) is 6.69. The SMILES string of the molecule is Cc1ccc(C(=O)CCC(=O)NNC(=O)c2cc(Br)cn2C)cc1. The highest BCUT2D eigenvalue weighted by Gasteiger charge is 2.13. The van der Waals surface area contributed by atoms with Crippen molar-refractivity contribution >= 4 is 33.5 Å². The molecule has 7 heteroatoms. The van der Waals surface area contributed by atoms with Gasteiger partial charge in [-0.15, -0.1) is 0 Å². The summed E-state index contributed by atoms with van der Waals surface area (Å²) >= 11 is 3.27. The van der Waals surface area contributed by atoms with Gasteiger partial charge < -0.3 is 4.57 Å². The molecule has 0 unspecified atom stereocenters. The average molecular weight is 392 g/mol. The van der Waals surface area contributed by atoms with Crippen LogP contribution in [0.15, 0.2) is 41.0 Å². The maximum absolute atomic E-state index is 12.0. The van der Waals surface area contributed by atoms with Crippen molar-refractivity contribution in [3.63, 3.8) is 0 Å². The molecule has 0 aliphatic heterocycles. The van der Waals surface area contributed by atoms with E-state index >= 15 is 0 Å². The third-order valence-corrected chi connectivity index (χ3v) is 3.91. The minimum atomic E-state index is -0.429. The largest absolute Gasteiger partial charge is 0.345 e. The molecule has 6 nitrogen and oxygen atoms in total. The first-order valence-corrected chi connectivity index (χ1v) is 8.17. The van der Waals surface area contributed by atoms with Gasteiger partial charge in [0.15, 0.2) is 5.78 Å². The van der Waals surface area contributed by atoms with E-state index in [4.69, 9.17) is 0 Å². The number of hydrazine groups is 1. The number of Topliss-reactive ketones (excluding diaryl/α,β-unsaturated/α-hetero) is 1. The summed E-state index contributed by atoms with van der Waals surface area (Å²) in [6.07, 6.45) is 1.82. The number of ketones is 1. The number of rotatable bonds is 5. The van der Waals surface area contributed by atoms with Crippen LogP contribution >= 0.6 is 15.9 Å². The van der Waals surface area contributed by atoms with E-state index in [0.717, 1.165) is 10.0 Å². The van der Waals surface area contributed by atoms with E-state index < -0.39 is 11.8 Å². The van der Waals surface area contributed by atoms with Crippen molar-refractivity contribution < 1.29 is 14.4 Å². The van der Waals surface area contributed by atoms with Gasteiger partial charge in [-0.2, -0.15) is 0 Å². The smallest absolute Gasteiger partial charge is 0.286 e. The molecule has 2 aromatic rings. The molecule has 0 radical (unpaired) electrons. The van der Waals surface area contributed by atoms with Crippen molar-refractivity contribution in [2.45, 2.75) is 19.8 Å². The number of nitrogens with zero attached hydrogens (tertiary/aromatic N) is 1. The van der Waals surface area contributed by atoms with E-state index in [0.29, 0.717) is 11.3 Å². The van der Waals surface area contributed by atoms with Crippen LogP contribution in [0.25, 0.3) is 0 Å². The predicted molar refractivity (Wildman–Crippen MR) is 93.5 cm³/mol. The van der Waals surface area contributed by atoms with Crippen molar-refractivity contribution in [1.82, 2.24) is 15.4 Å². The Morgan fingerprint density at radius 3 is 2.33 bits per heavy atom. The molecule has 0 saturated carbocycles. The van der Waals surface area contributed by atoms with Crippen molar-refractivity contribution in [2.24, 2.45) is 7.05 Å². The van der Waals surface area contributed by atoms with Crippen molar-refractivity contribution in [3.05, 3.63) is 57.8 Å². The second-order valence-corrected chi connectivity index (χ2v) is 6.36. The Bertz CT molecular complexity index is 766. The van der Waals surface area contributed by atoms with Crippen LogP contribution in [0, 0.1) is 6.92 Å². The van der Waals surface area contributed by atoms with Gasteiger partial charge in [0, 0.05) is 36.1 Å². The molecule has 1 aromatic carbocycles. The van der Waals surface area contributed by atoms with Crippen LogP contribution < -0.4 is 10.9 Å². The third kappa shape index (κ3) is 4.79. The first-order chi connectivity index (χ1) is 11.4. The fourth-order valence-corrected chi connectivity index (χ4v) is 2.64.